The summed E-state index contributed by atoms with van der Waals surface area (Å²) in [4.78, 5) is 7.61. The Morgan fingerprint density at radius 2 is 1.61 bits per heavy atom. The SMILES string of the molecule is I.c1coc(CCN=C(NC2CCCC2)NC2CCN(C3CCCC3)CC2)c1. The van der Waals surface area contributed by atoms with Crippen molar-refractivity contribution in [1.82, 2.24) is 15.5 Å². The zero-order valence-electron chi connectivity index (χ0n) is 17.1. The molecule has 4 rings (SSSR count). The largest absolute Gasteiger partial charge is 0.469 e. The summed E-state index contributed by atoms with van der Waals surface area (Å²) < 4.78 is 5.44. The number of nitrogens with zero attached hydrogens (tertiary/aromatic N) is 2. The van der Waals surface area contributed by atoms with Crippen LogP contribution in [0.5, 0.6) is 0 Å². The highest BCUT2D eigenvalue weighted by atomic mass is 127. The molecule has 0 amide bonds. The number of furan rings is 1. The van der Waals surface area contributed by atoms with Crippen molar-refractivity contribution in [3.05, 3.63) is 24.2 Å². The molecule has 1 aliphatic heterocycles. The van der Waals surface area contributed by atoms with Crippen molar-refractivity contribution in [3.8, 4) is 0 Å². The lowest BCUT2D eigenvalue weighted by atomic mass is 10.0. The first-order valence-corrected chi connectivity index (χ1v) is 11.2. The van der Waals surface area contributed by atoms with Gasteiger partial charge in [-0.05, 0) is 50.7 Å². The molecule has 0 atom stereocenters. The second-order valence-corrected chi connectivity index (χ2v) is 8.58. The number of rotatable bonds is 6. The van der Waals surface area contributed by atoms with E-state index in [1.165, 1.54) is 77.3 Å². The number of hydrogen-bond donors (Lipinski definition) is 2. The van der Waals surface area contributed by atoms with Crippen molar-refractivity contribution >= 4 is 29.9 Å². The molecule has 2 saturated carbocycles. The quantitative estimate of drug-likeness (QED) is 0.347. The maximum absolute atomic E-state index is 5.44. The van der Waals surface area contributed by atoms with Crippen molar-refractivity contribution in [1.29, 1.82) is 0 Å². The number of guanidine groups is 1. The summed E-state index contributed by atoms with van der Waals surface area (Å²) in [5, 5.41) is 7.46. The first kappa shape index (κ1) is 21.9. The minimum atomic E-state index is 0. The lowest BCUT2D eigenvalue weighted by Gasteiger charge is -2.37. The zero-order valence-corrected chi connectivity index (χ0v) is 19.4. The molecule has 2 N–H and O–H groups in total. The second-order valence-electron chi connectivity index (χ2n) is 8.58. The van der Waals surface area contributed by atoms with Gasteiger partial charge in [0.2, 0.25) is 0 Å². The van der Waals surface area contributed by atoms with Gasteiger partial charge in [0.1, 0.15) is 5.76 Å². The average Bonchev–Trinajstić information content (AvgIpc) is 3.46. The normalized spacial score (nSPS) is 23.1. The summed E-state index contributed by atoms with van der Waals surface area (Å²) in [5.74, 6) is 2.04. The fraction of sp³-hybridized carbons (Fsp3) is 0.773. The van der Waals surface area contributed by atoms with Crippen LogP contribution in [-0.4, -0.2) is 48.6 Å². The van der Waals surface area contributed by atoms with E-state index in [-0.39, 0.29) is 24.0 Å². The average molecular weight is 500 g/mol. The summed E-state index contributed by atoms with van der Waals surface area (Å²) in [6, 6.07) is 6.00. The van der Waals surface area contributed by atoms with Gasteiger partial charge in [-0.3, -0.25) is 4.99 Å². The van der Waals surface area contributed by atoms with E-state index in [2.05, 4.69) is 15.5 Å². The van der Waals surface area contributed by atoms with Gasteiger partial charge in [0.05, 0.1) is 6.26 Å². The van der Waals surface area contributed by atoms with Gasteiger partial charge < -0.3 is 20.0 Å². The van der Waals surface area contributed by atoms with Crippen LogP contribution in [0.25, 0.3) is 0 Å². The molecule has 6 heteroatoms. The smallest absolute Gasteiger partial charge is 0.191 e. The van der Waals surface area contributed by atoms with Gasteiger partial charge in [-0.25, -0.2) is 0 Å². The summed E-state index contributed by atoms with van der Waals surface area (Å²) in [5.41, 5.74) is 0. The van der Waals surface area contributed by atoms with Crippen LogP contribution in [-0.2, 0) is 6.42 Å². The third kappa shape index (κ3) is 6.37. The highest BCUT2D eigenvalue weighted by molar-refractivity contribution is 14.0. The Bertz CT molecular complexity index is 571. The van der Waals surface area contributed by atoms with E-state index >= 15 is 0 Å². The molecular formula is C22H37IN4O. The standard InChI is InChI=1S/C22H36N4O.HI/c1-2-7-18(6-1)24-22(23-14-11-21-10-5-17-27-21)25-19-12-15-26(16-13-19)20-8-3-4-9-20;/h5,10,17-20H,1-4,6-9,11-16H2,(H2,23,24,25);1H. The number of piperidine rings is 1. The number of halogens is 1. The van der Waals surface area contributed by atoms with Crippen LogP contribution >= 0.6 is 24.0 Å². The molecule has 0 radical (unpaired) electrons. The molecule has 158 valence electrons. The van der Waals surface area contributed by atoms with Gasteiger partial charge in [-0.2, -0.15) is 0 Å². The van der Waals surface area contributed by atoms with E-state index in [4.69, 9.17) is 9.41 Å². The number of hydrogen-bond acceptors (Lipinski definition) is 3. The van der Waals surface area contributed by atoms with Crippen LogP contribution in [0, 0.1) is 0 Å². The van der Waals surface area contributed by atoms with Gasteiger partial charge in [-0.15, -0.1) is 24.0 Å². The van der Waals surface area contributed by atoms with Crippen molar-refractivity contribution in [2.24, 2.45) is 4.99 Å². The number of nitrogens with one attached hydrogen (secondary N) is 2. The van der Waals surface area contributed by atoms with Crippen molar-refractivity contribution in [2.75, 3.05) is 19.6 Å². The molecule has 1 aromatic heterocycles. The summed E-state index contributed by atoms with van der Waals surface area (Å²) in [6.45, 7) is 3.26. The number of aliphatic imine (C=N–C) groups is 1. The number of likely N-dealkylation sites (tertiary alicyclic amines) is 1. The van der Waals surface area contributed by atoms with Gasteiger partial charge in [0.15, 0.2) is 5.96 Å². The van der Waals surface area contributed by atoms with Crippen LogP contribution in [0.1, 0.15) is 70.0 Å². The van der Waals surface area contributed by atoms with Crippen molar-refractivity contribution in [2.45, 2.75) is 88.8 Å². The Balaban J connectivity index is 0.00000225. The first-order chi connectivity index (χ1) is 13.4. The maximum Gasteiger partial charge on any atom is 0.191 e. The Hall–Kier alpha value is -0.760. The molecule has 1 saturated heterocycles. The molecule has 0 bridgehead atoms. The Kier molecular flexibility index (Phi) is 8.96. The second kappa shape index (κ2) is 11.4. The molecule has 5 nitrogen and oxygen atoms in total. The highest BCUT2D eigenvalue weighted by Gasteiger charge is 2.27. The summed E-state index contributed by atoms with van der Waals surface area (Å²) in [6.07, 6.45) is 16.0. The van der Waals surface area contributed by atoms with Gasteiger partial charge in [0.25, 0.3) is 0 Å². The molecular weight excluding hydrogens is 463 g/mol. The molecule has 1 aromatic rings. The van der Waals surface area contributed by atoms with E-state index in [1.807, 2.05) is 12.1 Å². The van der Waals surface area contributed by atoms with Crippen LogP contribution in [0.15, 0.2) is 27.8 Å². The van der Waals surface area contributed by atoms with E-state index in [1.54, 1.807) is 6.26 Å². The third-order valence-corrected chi connectivity index (χ3v) is 6.62. The van der Waals surface area contributed by atoms with E-state index in [9.17, 15) is 0 Å². The Labute approximate surface area is 187 Å². The molecule has 2 aliphatic carbocycles. The first-order valence-electron chi connectivity index (χ1n) is 11.2. The lowest BCUT2D eigenvalue weighted by Crippen LogP contribution is -2.51. The molecule has 0 spiro atoms. The lowest BCUT2D eigenvalue weighted by molar-refractivity contribution is 0.150. The zero-order chi connectivity index (χ0) is 18.3. The van der Waals surface area contributed by atoms with Crippen molar-refractivity contribution < 1.29 is 4.42 Å². The van der Waals surface area contributed by atoms with Gasteiger partial charge >= 0.3 is 0 Å². The molecule has 3 fully saturated rings. The molecule has 2 heterocycles. The highest BCUT2D eigenvalue weighted by Crippen LogP contribution is 2.26. The summed E-state index contributed by atoms with van der Waals surface area (Å²) in [7, 11) is 0. The van der Waals surface area contributed by atoms with Crippen LogP contribution in [0.2, 0.25) is 0 Å². The molecule has 0 unspecified atom stereocenters. The van der Waals surface area contributed by atoms with E-state index < -0.39 is 0 Å². The predicted molar refractivity (Wildman–Crippen MR) is 126 cm³/mol. The van der Waals surface area contributed by atoms with Crippen molar-refractivity contribution in [3.63, 3.8) is 0 Å². The fourth-order valence-electron chi connectivity index (χ4n) is 5.00. The van der Waals surface area contributed by atoms with E-state index in [0.29, 0.717) is 12.1 Å². The molecule has 3 aliphatic rings. The maximum atomic E-state index is 5.44. The minimum absolute atomic E-state index is 0. The Morgan fingerprint density at radius 3 is 2.25 bits per heavy atom. The van der Waals surface area contributed by atoms with Gasteiger partial charge in [-0.1, -0.05) is 25.7 Å². The van der Waals surface area contributed by atoms with Crippen LogP contribution < -0.4 is 10.6 Å². The summed E-state index contributed by atoms with van der Waals surface area (Å²) >= 11 is 0. The predicted octanol–water partition coefficient (Wildman–Crippen LogP) is 4.32. The third-order valence-electron chi connectivity index (χ3n) is 6.62. The molecule has 28 heavy (non-hydrogen) atoms. The fourth-order valence-corrected chi connectivity index (χ4v) is 5.00. The van der Waals surface area contributed by atoms with E-state index in [0.717, 1.165) is 30.7 Å². The Morgan fingerprint density at radius 1 is 0.964 bits per heavy atom. The topological polar surface area (TPSA) is 52.8 Å². The van der Waals surface area contributed by atoms with Gasteiger partial charge in [0, 0.05) is 44.2 Å². The molecule has 0 aromatic carbocycles. The van der Waals surface area contributed by atoms with Crippen LogP contribution in [0.4, 0.5) is 0 Å². The van der Waals surface area contributed by atoms with Crippen LogP contribution in [0.3, 0.4) is 0 Å². The minimum Gasteiger partial charge on any atom is -0.469 e. The monoisotopic (exact) mass is 500 g/mol.